The minimum atomic E-state index is -0.182. The van der Waals surface area contributed by atoms with Crippen molar-refractivity contribution in [2.75, 3.05) is 13.1 Å². The number of nitrogens with zero attached hydrogens (tertiary/aromatic N) is 1. The third-order valence-corrected chi connectivity index (χ3v) is 3.25. The van der Waals surface area contributed by atoms with Gasteiger partial charge < -0.3 is 5.73 Å². The minimum Gasteiger partial charge on any atom is -0.369 e. The highest BCUT2D eigenvalue weighted by Crippen LogP contribution is 2.19. The zero-order valence-electron chi connectivity index (χ0n) is 9.03. The number of carbonyl (C=O) groups is 1. The molecule has 1 saturated heterocycles. The predicted octanol–water partition coefficient (Wildman–Crippen LogP) is 1.65. The first kappa shape index (κ1) is 11.4. The molecule has 1 amide bonds. The fourth-order valence-corrected chi connectivity index (χ4v) is 2.18. The topological polar surface area (TPSA) is 46.3 Å². The maximum Gasteiger partial charge on any atom is 0.221 e. The summed E-state index contributed by atoms with van der Waals surface area (Å²) in [6, 6.07) is 7.80. The van der Waals surface area contributed by atoms with Crippen molar-refractivity contribution in [3.05, 3.63) is 34.9 Å². The fourth-order valence-electron chi connectivity index (χ4n) is 2.06. The third-order valence-electron chi connectivity index (χ3n) is 2.99. The van der Waals surface area contributed by atoms with Gasteiger partial charge in [0.1, 0.15) is 0 Å². The Morgan fingerprint density at radius 2 is 2.12 bits per heavy atom. The van der Waals surface area contributed by atoms with Crippen molar-refractivity contribution < 1.29 is 4.79 Å². The average Bonchev–Trinajstić information content (AvgIpc) is 2.70. The highest BCUT2D eigenvalue weighted by Gasteiger charge is 2.26. The van der Waals surface area contributed by atoms with E-state index in [1.807, 2.05) is 24.3 Å². The highest BCUT2D eigenvalue weighted by molar-refractivity contribution is 6.30. The van der Waals surface area contributed by atoms with Crippen LogP contribution in [-0.2, 0) is 11.3 Å². The van der Waals surface area contributed by atoms with Gasteiger partial charge in [-0.05, 0) is 30.7 Å². The van der Waals surface area contributed by atoms with Crippen LogP contribution >= 0.6 is 11.6 Å². The van der Waals surface area contributed by atoms with Gasteiger partial charge >= 0.3 is 0 Å². The van der Waals surface area contributed by atoms with Gasteiger partial charge in [-0.1, -0.05) is 23.7 Å². The van der Waals surface area contributed by atoms with Gasteiger partial charge in [-0.3, -0.25) is 9.69 Å². The highest BCUT2D eigenvalue weighted by atomic mass is 35.5. The maximum absolute atomic E-state index is 11.0. The summed E-state index contributed by atoms with van der Waals surface area (Å²) in [5.41, 5.74) is 6.51. The lowest BCUT2D eigenvalue weighted by Crippen LogP contribution is -2.27. The Hall–Kier alpha value is -1.06. The number of primary amides is 1. The second kappa shape index (κ2) is 4.85. The standard InChI is InChI=1S/C12H15ClN2O/c13-11-3-1-9(2-4-11)7-15-6-5-10(8-15)12(14)16/h1-4,10H,5-8H2,(H2,14,16). The molecule has 0 bridgehead atoms. The van der Waals surface area contributed by atoms with Crippen LogP contribution in [0.1, 0.15) is 12.0 Å². The Morgan fingerprint density at radius 3 is 2.69 bits per heavy atom. The van der Waals surface area contributed by atoms with E-state index in [1.54, 1.807) is 0 Å². The molecule has 86 valence electrons. The van der Waals surface area contributed by atoms with Crippen LogP contribution in [0.25, 0.3) is 0 Å². The van der Waals surface area contributed by atoms with Gasteiger partial charge in [0.15, 0.2) is 0 Å². The van der Waals surface area contributed by atoms with E-state index < -0.39 is 0 Å². The molecule has 1 aromatic rings. The molecule has 1 aliphatic heterocycles. The van der Waals surface area contributed by atoms with Gasteiger partial charge in [0.05, 0.1) is 5.92 Å². The Balaban J connectivity index is 1.92. The van der Waals surface area contributed by atoms with Crippen molar-refractivity contribution in [3.63, 3.8) is 0 Å². The van der Waals surface area contributed by atoms with Gasteiger partial charge in [0.2, 0.25) is 5.91 Å². The Morgan fingerprint density at radius 1 is 1.44 bits per heavy atom. The number of nitrogens with two attached hydrogens (primary N) is 1. The number of hydrogen-bond donors (Lipinski definition) is 1. The molecule has 16 heavy (non-hydrogen) atoms. The number of likely N-dealkylation sites (tertiary alicyclic amines) is 1. The summed E-state index contributed by atoms with van der Waals surface area (Å²) in [7, 11) is 0. The zero-order chi connectivity index (χ0) is 11.5. The summed E-state index contributed by atoms with van der Waals surface area (Å²) in [5.74, 6) is -0.161. The van der Waals surface area contributed by atoms with Crippen molar-refractivity contribution in [2.24, 2.45) is 11.7 Å². The van der Waals surface area contributed by atoms with Gasteiger partial charge in [-0.25, -0.2) is 0 Å². The largest absolute Gasteiger partial charge is 0.369 e. The van der Waals surface area contributed by atoms with Gasteiger partial charge in [-0.2, -0.15) is 0 Å². The molecule has 0 aromatic heterocycles. The van der Waals surface area contributed by atoms with Crippen LogP contribution in [0.4, 0.5) is 0 Å². The fraction of sp³-hybridized carbons (Fsp3) is 0.417. The number of amides is 1. The predicted molar refractivity (Wildman–Crippen MR) is 64.0 cm³/mol. The zero-order valence-corrected chi connectivity index (χ0v) is 9.78. The van der Waals surface area contributed by atoms with Crippen LogP contribution in [0.5, 0.6) is 0 Å². The van der Waals surface area contributed by atoms with Crippen LogP contribution in [0.2, 0.25) is 5.02 Å². The first-order valence-corrected chi connectivity index (χ1v) is 5.79. The Bertz CT molecular complexity index is 377. The molecule has 3 nitrogen and oxygen atoms in total. The monoisotopic (exact) mass is 238 g/mol. The van der Waals surface area contributed by atoms with E-state index in [2.05, 4.69) is 4.90 Å². The Kier molecular flexibility index (Phi) is 3.46. The minimum absolute atomic E-state index is 0.0206. The smallest absolute Gasteiger partial charge is 0.221 e. The summed E-state index contributed by atoms with van der Waals surface area (Å²) in [6.45, 7) is 2.58. The normalized spacial score (nSPS) is 21.2. The van der Waals surface area contributed by atoms with E-state index in [4.69, 9.17) is 17.3 Å². The van der Waals surface area contributed by atoms with Crippen LogP contribution in [0.15, 0.2) is 24.3 Å². The molecular formula is C12H15ClN2O. The van der Waals surface area contributed by atoms with Crippen molar-refractivity contribution in [3.8, 4) is 0 Å². The van der Waals surface area contributed by atoms with E-state index in [0.29, 0.717) is 0 Å². The number of carbonyl (C=O) groups excluding carboxylic acids is 1. The van der Waals surface area contributed by atoms with Crippen molar-refractivity contribution in [2.45, 2.75) is 13.0 Å². The first-order valence-electron chi connectivity index (χ1n) is 5.41. The summed E-state index contributed by atoms with van der Waals surface area (Å²) >= 11 is 5.82. The molecule has 1 atom stereocenters. The molecule has 2 rings (SSSR count). The number of rotatable bonds is 3. The van der Waals surface area contributed by atoms with Crippen LogP contribution in [0.3, 0.4) is 0 Å². The summed E-state index contributed by atoms with van der Waals surface area (Å²) < 4.78 is 0. The number of benzene rings is 1. The number of hydrogen-bond acceptors (Lipinski definition) is 2. The summed E-state index contributed by atoms with van der Waals surface area (Å²) in [4.78, 5) is 13.3. The molecule has 4 heteroatoms. The quantitative estimate of drug-likeness (QED) is 0.871. The van der Waals surface area contributed by atoms with Gasteiger partial charge in [0, 0.05) is 18.1 Å². The molecule has 0 radical (unpaired) electrons. The molecule has 1 unspecified atom stereocenters. The molecule has 0 saturated carbocycles. The SMILES string of the molecule is NC(=O)C1CCN(Cc2ccc(Cl)cc2)C1. The van der Waals surface area contributed by atoms with E-state index in [0.717, 1.165) is 31.1 Å². The molecule has 1 heterocycles. The van der Waals surface area contributed by atoms with E-state index in [-0.39, 0.29) is 11.8 Å². The van der Waals surface area contributed by atoms with Crippen LogP contribution in [0, 0.1) is 5.92 Å². The van der Waals surface area contributed by atoms with Crippen LogP contribution < -0.4 is 5.73 Å². The average molecular weight is 239 g/mol. The maximum atomic E-state index is 11.0. The summed E-state index contributed by atoms with van der Waals surface area (Å²) in [5, 5.41) is 0.750. The third kappa shape index (κ3) is 2.74. The second-order valence-electron chi connectivity index (χ2n) is 4.25. The Labute approximate surface area is 100 Å². The van der Waals surface area contributed by atoms with E-state index in [1.165, 1.54) is 5.56 Å². The molecule has 0 spiro atoms. The first-order chi connectivity index (χ1) is 7.65. The molecule has 0 aliphatic carbocycles. The number of halogens is 1. The molecule has 1 aliphatic rings. The second-order valence-corrected chi connectivity index (χ2v) is 4.69. The van der Waals surface area contributed by atoms with Gasteiger partial charge in [0.25, 0.3) is 0 Å². The lowest BCUT2D eigenvalue weighted by atomic mass is 10.1. The molecule has 2 N–H and O–H groups in total. The molecule has 1 aromatic carbocycles. The van der Waals surface area contributed by atoms with E-state index in [9.17, 15) is 4.79 Å². The van der Waals surface area contributed by atoms with E-state index >= 15 is 0 Å². The molecule has 1 fully saturated rings. The van der Waals surface area contributed by atoms with Crippen molar-refractivity contribution in [1.82, 2.24) is 4.90 Å². The lowest BCUT2D eigenvalue weighted by molar-refractivity contribution is -0.121. The van der Waals surface area contributed by atoms with Crippen LogP contribution in [-0.4, -0.2) is 23.9 Å². The van der Waals surface area contributed by atoms with Gasteiger partial charge in [-0.15, -0.1) is 0 Å². The lowest BCUT2D eigenvalue weighted by Gasteiger charge is -2.15. The molecular weight excluding hydrogens is 224 g/mol. The van der Waals surface area contributed by atoms with Crippen molar-refractivity contribution in [1.29, 1.82) is 0 Å². The van der Waals surface area contributed by atoms with Crippen molar-refractivity contribution >= 4 is 17.5 Å². The summed E-state index contributed by atoms with van der Waals surface area (Å²) in [6.07, 6.45) is 0.878.